The summed E-state index contributed by atoms with van der Waals surface area (Å²) in [6.45, 7) is 1.25. The van der Waals surface area contributed by atoms with Gasteiger partial charge in [-0.3, -0.25) is 4.18 Å². The predicted molar refractivity (Wildman–Crippen MR) is 85.6 cm³/mol. The molecule has 2 heterocycles. The molecule has 0 bridgehead atoms. The molecule has 26 heavy (non-hydrogen) atoms. The van der Waals surface area contributed by atoms with Crippen LogP contribution in [0.15, 0.2) is 29.2 Å². The van der Waals surface area contributed by atoms with Crippen molar-refractivity contribution < 1.29 is 41.1 Å². The van der Waals surface area contributed by atoms with E-state index in [1.807, 2.05) is 6.92 Å². The molecule has 9 nitrogen and oxygen atoms in total. The van der Waals surface area contributed by atoms with Gasteiger partial charge in [0.25, 0.3) is 10.1 Å². The maximum Gasteiger partial charge on any atom is 0.337 e. The first kappa shape index (κ1) is 19.2. The van der Waals surface area contributed by atoms with Gasteiger partial charge in [0.05, 0.1) is 18.6 Å². The van der Waals surface area contributed by atoms with Gasteiger partial charge in [0.1, 0.15) is 31.9 Å². The Morgan fingerprint density at radius 1 is 1.08 bits per heavy atom. The molecule has 1 aromatic carbocycles. The first-order valence-electron chi connectivity index (χ1n) is 7.93. The lowest BCUT2D eigenvalue weighted by Gasteiger charge is -2.42. The highest BCUT2D eigenvalue weighted by Gasteiger charge is 2.48. The molecule has 0 aromatic heterocycles. The summed E-state index contributed by atoms with van der Waals surface area (Å²) in [6, 6.07) is 6.30. The second-order valence-corrected chi connectivity index (χ2v) is 7.48. The van der Waals surface area contributed by atoms with Crippen molar-refractivity contribution in [2.24, 2.45) is 0 Å². The van der Waals surface area contributed by atoms with Crippen LogP contribution in [0.4, 0.5) is 0 Å². The zero-order valence-corrected chi connectivity index (χ0v) is 15.1. The van der Waals surface area contributed by atoms with Crippen LogP contribution >= 0.6 is 0 Å². The second-order valence-electron chi connectivity index (χ2n) is 5.87. The molecule has 0 saturated carbocycles. The Labute approximate surface area is 151 Å². The molecule has 0 aliphatic carbocycles. The molecule has 0 amide bonds. The van der Waals surface area contributed by atoms with E-state index < -0.39 is 40.5 Å². The molecular formula is C16H20O9S. The van der Waals surface area contributed by atoms with Gasteiger partial charge >= 0.3 is 5.97 Å². The number of carbonyl (C=O) groups is 1. The highest BCUT2D eigenvalue weighted by molar-refractivity contribution is 7.86. The molecule has 4 unspecified atom stereocenters. The van der Waals surface area contributed by atoms with Crippen molar-refractivity contribution in [3.63, 3.8) is 0 Å². The Morgan fingerprint density at radius 2 is 1.73 bits per heavy atom. The molecule has 0 radical (unpaired) electrons. The van der Waals surface area contributed by atoms with E-state index in [1.54, 1.807) is 12.1 Å². The van der Waals surface area contributed by atoms with Crippen LogP contribution in [-0.4, -0.2) is 66.1 Å². The SMILES string of the molecule is COC(=O)C1OCOC2C(COS(=O)(=O)c3ccc(C)cc3)OCOC12. The lowest BCUT2D eigenvalue weighted by atomic mass is 10.0. The van der Waals surface area contributed by atoms with Gasteiger partial charge in [0.2, 0.25) is 0 Å². The lowest BCUT2D eigenvalue weighted by Crippen LogP contribution is -2.60. The fourth-order valence-corrected chi connectivity index (χ4v) is 3.66. The molecule has 144 valence electrons. The van der Waals surface area contributed by atoms with Gasteiger partial charge in [-0.1, -0.05) is 17.7 Å². The van der Waals surface area contributed by atoms with Crippen LogP contribution in [0.3, 0.4) is 0 Å². The van der Waals surface area contributed by atoms with Crippen molar-refractivity contribution in [1.82, 2.24) is 0 Å². The summed E-state index contributed by atoms with van der Waals surface area (Å²) in [5.41, 5.74) is 0.934. The highest BCUT2D eigenvalue weighted by atomic mass is 32.2. The summed E-state index contributed by atoms with van der Waals surface area (Å²) < 4.78 is 55.9. The van der Waals surface area contributed by atoms with Gasteiger partial charge in [-0.05, 0) is 19.1 Å². The predicted octanol–water partition coefficient (Wildman–Crippen LogP) is 0.356. The number of esters is 1. The van der Waals surface area contributed by atoms with Crippen molar-refractivity contribution in [2.45, 2.75) is 36.2 Å². The van der Waals surface area contributed by atoms with Crippen molar-refractivity contribution in [3.8, 4) is 0 Å². The summed E-state index contributed by atoms with van der Waals surface area (Å²) in [4.78, 5) is 11.9. The van der Waals surface area contributed by atoms with Gasteiger partial charge in [-0.25, -0.2) is 4.79 Å². The standard InChI is InChI=1S/C16H20O9S/c1-10-3-5-11(6-4-10)26(18,19)25-7-12-13-14(23-8-21-12)15(16(17)20-2)24-9-22-13/h3-6,12-15H,7-9H2,1-2H3. The average Bonchev–Trinajstić information content (AvgIpc) is 2.65. The maximum atomic E-state index is 12.3. The second kappa shape index (κ2) is 7.99. The molecule has 0 spiro atoms. The van der Waals surface area contributed by atoms with Crippen molar-refractivity contribution in [3.05, 3.63) is 29.8 Å². The summed E-state index contributed by atoms with van der Waals surface area (Å²) >= 11 is 0. The first-order valence-corrected chi connectivity index (χ1v) is 9.33. The van der Waals surface area contributed by atoms with E-state index in [-0.39, 0.29) is 25.1 Å². The number of methoxy groups -OCH3 is 1. The maximum absolute atomic E-state index is 12.3. The molecule has 2 saturated heterocycles. The smallest absolute Gasteiger partial charge is 0.337 e. The van der Waals surface area contributed by atoms with Crippen LogP contribution in [0.1, 0.15) is 5.56 Å². The molecular weight excluding hydrogens is 368 g/mol. The number of hydrogen-bond donors (Lipinski definition) is 0. The number of fused-ring (bicyclic) bond motifs is 1. The Bertz CT molecular complexity index is 731. The van der Waals surface area contributed by atoms with E-state index in [0.717, 1.165) is 5.56 Å². The normalized spacial score (nSPS) is 29.0. The van der Waals surface area contributed by atoms with E-state index in [1.165, 1.54) is 19.2 Å². The zero-order valence-electron chi connectivity index (χ0n) is 14.3. The van der Waals surface area contributed by atoms with Gasteiger partial charge in [0, 0.05) is 0 Å². The third-order valence-corrected chi connectivity index (χ3v) is 5.47. The lowest BCUT2D eigenvalue weighted by molar-refractivity contribution is -0.321. The Hall–Kier alpha value is -1.56. The molecule has 4 atom stereocenters. The summed E-state index contributed by atoms with van der Waals surface area (Å²) in [7, 11) is -2.71. The van der Waals surface area contributed by atoms with Gasteiger partial charge in [-0.2, -0.15) is 8.42 Å². The van der Waals surface area contributed by atoms with Crippen molar-refractivity contribution in [2.75, 3.05) is 27.3 Å². The molecule has 3 rings (SSSR count). The number of hydrogen-bond acceptors (Lipinski definition) is 9. The molecule has 10 heteroatoms. The van der Waals surface area contributed by atoms with Crippen molar-refractivity contribution >= 4 is 16.1 Å². The fourth-order valence-electron chi connectivity index (χ4n) is 2.75. The zero-order chi connectivity index (χ0) is 18.7. The molecule has 1 aromatic rings. The van der Waals surface area contributed by atoms with Gasteiger partial charge in [0.15, 0.2) is 6.10 Å². The van der Waals surface area contributed by atoms with Crippen LogP contribution in [0.25, 0.3) is 0 Å². The summed E-state index contributed by atoms with van der Waals surface area (Å²) in [5.74, 6) is -0.600. The van der Waals surface area contributed by atoms with E-state index in [9.17, 15) is 13.2 Å². The molecule has 2 aliphatic rings. The monoisotopic (exact) mass is 388 g/mol. The van der Waals surface area contributed by atoms with E-state index >= 15 is 0 Å². The summed E-state index contributed by atoms with van der Waals surface area (Å²) in [6.07, 6.45) is -3.22. The highest BCUT2D eigenvalue weighted by Crippen LogP contribution is 2.27. The Kier molecular flexibility index (Phi) is 5.90. The van der Waals surface area contributed by atoms with Crippen LogP contribution in [-0.2, 0) is 42.8 Å². The van der Waals surface area contributed by atoms with E-state index in [2.05, 4.69) is 4.74 Å². The van der Waals surface area contributed by atoms with Gasteiger partial charge < -0.3 is 23.7 Å². The number of benzene rings is 1. The van der Waals surface area contributed by atoms with E-state index in [4.69, 9.17) is 23.1 Å². The molecule has 2 aliphatic heterocycles. The number of aryl methyl sites for hydroxylation is 1. The fraction of sp³-hybridized carbons (Fsp3) is 0.562. The third kappa shape index (κ3) is 4.05. The van der Waals surface area contributed by atoms with E-state index in [0.29, 0.717) is 0 Å². The van der Waals surface area contributed by atoms with Crippen LogP contribution < -0.4 is 0 Å². The molecule has 2 fully saturated rings. The minimum atomic E-state index is -3.95. The molecule has 0 N–H and O–H groups in total. The van der Waals surface area contributed by atoms with Crippen LogP contribution in [0.2, 0.25) is 0 Å². The van der Waals surface area contributed by atoms with Crippen molar-refractivity contribution in [1.29, 1.82) is 0 Å². The van der Waals surface area contributed by atoms with Gasteiger partial charge in [-0.15, -0.1) is 0 Å². The third-order valence-electron chi connectivity index (χ3n) is 4.17. The Balaban J connectivity index is 1.67. The quantitative estimate of drug-likeness (QED) is 0.522. The number of ether oxygens (including phenoxy) is 5. The minimum Gasteiger partial charge on any atom is -0.467 e. The van der Waals surface area contributed by atoms with Crippen LogP contribution in [0, 0.1) is 6.92 Å². The number of rotatable bonds is 5. The number of carbonyl (C=O) groups excluding carboxylic acids is 1. The Morgan fingerprint density at radius 3 is 2.42 bits per heavy atom. The average molecular weight is 388 g/mol. The summed E-state index contributed by atoms with van der Waals surface area (Å²) in [5, 5.41) is 0. The topological polar surface area (TPSA) is 107 Å². The first-order chi connectivity index (χ1) is 12.4. The largest absolute Gasteiger partial charge is 0.467 e. The van der Waals surface area contributed by atoms with Crippen LogP contribution in [0.5, 0.6) is 0 Å². The minimum absolute atomic E-state index is 0.0482.